The lowest BCUT2D eigenvalue weighted by molar-refractivity contribution is -0.129. The molecule has 1 aromatic heterocycles. The zero-order valence-electron chi connectivity index (χ0n) is 16.6. The highest BCUT2D eigenvalue weighted by Gasteiger charge is 2.35. The molecule has 30 heavy (non-hydrogen) atoms. The fourth-order valence-corrected chi connectivity index (χ4v) is 3.86. The van der Waals surface area contributed by atoms with Gasteiger partial charge in [0.2, 0.25) is 5.91 Å². The molecule has 8 nitrogen and oxygen atoms in total. The molecule has 0 radical (unpaired) electrons. The maximum atomic E-state index is 13.2. The van der Waals surface area contributed by atoms with Crippen LogP contribution in [0.2, 0.25) is 10.0 Å². The van der Waals surface area contributed by atoms with Crippen molar-refractivity contribution in [2.24, 2.45) is 0 Å². The lowest BCUT2D eigenvalue weighted by atomic mass is 9.92. The number of fused-ring (bicyclic) bond motifs is 1. The van der Waals surface area contributed by atoms with E-state index in [9.17, 15) is 14.4 Å². The molecule has 0 saturated heterocycles. The summed E-state index contributed by atoms with van der Waals surface area (Å²) in [6.07, 6.45) is -1.20. The van der Waals surface area contributed by atoms with Crippen LogP contribution in [0.4, 0.5) is 4.79 Å². The summed E-state index contributed by atoms with van der Waals surface area (Å²) < 4.78 is 0. The maximum absolute atomic E-state index is 13.2. The number of aryl methyl sites for hydroxylation is 1. The van der Waals surface area contributed by atoms with Crippen molar-refractivity contribution in [1.29, 1.82) is 0 Å². The number of halogens is 2. The van der Waals surface area contributed by atoms with E-state index < -0.39 is 6.09 Å². The van der Waals surface area contributed by atoms with Crippen LogP contribution in [0.3, 0.4) is 0 Å². The Morgan fingerprint density at radius 2 is 1.97 bits per heavy atom. The summed E-state index contributed by atoms with van der Waals surface area (Å²) >= 11 is 12.5. The van der Waals surface area contributed by atoms with Gasteiger partial charge in [-0.15, -0.1) is 0 Å². The molecule has 0 aliphatic carbocycles. The minimum Gasteiger partial charge on any atom is -0.465 e. The molecule has 1 aliphatic rings. The number of nitrogens with zero attached hydrogens (tertiary/aromatic N) is 3. The van der Waals surface area contributed by atoms with E-state index in [1.54, 1.807) is 39.2 Å². The van der Waals surface area contributed by atoms with Crippen LogP contribution in [-0.4, -0.2) is 58.4 Å². The van der Waals surface area contributed by atoms with Crippen molar-refractivity contribution in [3.63, 3.8) is 0 Å². The molecule has 3 amide bonds. The minimum atomic E-state index is -1.20. The van der Waals surface area contributed by atoms with Crippen LogP contribution in [0.15, 0.2) is 18.2 Å². The Balaban J connectivity index is 2.18. The zero-order chi connectivity index (χ0) is 22.2. The van der Waals surface area contributed by atoms with E-state index in [4.69, 9.17) is 28.3 Å². The number of carboxylic acid groups (broad SMARTS) is 1. The fourth-order valence-electron chi connectivity index (χ4n) is 3.36. The number of benzene rings is 1. The number of likely N-dealkylation sites (N-methyl/N-ethyl adjacent to an activating group) is 1. The van der Waals surface area contributed by atoms with E-state index in [-0.39, 0.29) is 31.4 Å². The molecule has 0 fully saturated rings. The summed E-state index contributed by atoms with van der Waals surface area (Å²) in [5, 5.41) is 12.1. The number of nitrogens with one attached hydrogen (secondary N) is 1. The molecule has 0 bridgehead atoms. The van der Waals surface area contributed by atoms with Crippen LogP contribution < -0.4 is 5.32 Å². The lowest BCUT2D eigenvalue weighted by Crippen LogP contribution is -2.36. The lowest BCUT2D eigenvalue weighted by Gasteiger charge is -2.19. The molecule has 1 aromatic carbocycles. The van der Waals surface area contributed by atoms with Gasteiger partial charge in [-0.05, 0) is 19.1 Å². The Morgan fingerprint density at radius 3 is 2.57 bits per heavy atom. The third-order valence-corrected chi connectivity index (χ3v) is 5.41. The molecule has 10 heteroatoms. The third-order valence-electron chi connectivity index (χ3n) is 4.86. The Hall–Kier alpha value is -2.84. The van der Waals surface area contributed by atoms with Crippen molar-refractivity contribution >= 4 is 41.1 Å². The van der Waals surface area contributed by atoms with Crippen LogP contribution >= 0.6 is 23.2 Å². The number of pyridine rings is 1. The van der Waals surface area contributed by atoms with E-state index >= 15 is 0 Å². The van der Waals surface area contributed by atoms with Gasteiger partial charge in [-0.1, -0.05) is 29.3 Å². The van der Waals surface area contributed by atoms with Gasteiger partial charge in [0.15, 0.2) is 0 Å². The number of carbonyl (C=O) groups excluding carboxylic acids is 2. The maximum Gasteiger partial charge on any atom is 0.404 e. The predicted octanol–water partition coefficient (Wildman–Crippen LogP) is 3.18. The van der Waals surface area contributed by atoms with Crippen LogP contribution in [0, 0.1) is 6.92 Å². The predicted molar refractivity (Wildman–Crippen MR) is 113 cm³/mol. The first-order chi connectivity index (χ1) is 14.1. The van der Waals surface area contributed by atoms with Crippen molar-refractivity contribution in [2.75, 3.05) is 20.6 Å². The minimum absolute atomic E-state index is 0.0559. The van der Waals surface area contributed by atoms with Crippen molar-refractivity contribution in [3.8, 4) is 11.1 Å². The first kappa shape index (κ1) is 21.9. The van der Waals surface area contributed by atoms with Crippen molar-refractivity contribution in [1.82, 2.24) is 20.1 Å². The standard InChI is InChI=1S/C20H20Cl2N4O4/c1-10-13(7-23-20(29)30)17(12-5-4-11(21)6-14(12)22)18-15(24-10)8-26(19(18)28)9-16(27)25(2)3/h4-6,23H,7-9H2,1-3H3,(H,29,30). The van der Waals surface area contributed by atoms with Gasteiger partial charge in [0.1, 0.15) is 6.54 Å². The zero-order valence-corrected chi connectivity index (χ0v) is 18.1. The molecule has 2 N–H and O–H groups in total. The molecule has 3 rings (SSSR count). The Labute approximate surface area is 183 Å². The van der Waals surface area contributed by atoms with Crippen LogP contribution in [0.25, 0.3) is 11.1 Å². The SMILES string of the molecule is Cc1nc2c(c(-c3ccc(Cl)cc3Cl)c1CNC(=O)O)C(=O)N(CC(=O)N(C)C)C2. The Bertz CT molecular complexity index is 1060. The number of hydrogen-bond donors (Lipinski definition) is 2. The first-order valence-electron chi connectivity index (χ1n) is 9.04. The summed E-state index contributed by atoms with van der Waals surface area (Å²) in [7, 11) is 3.24. The van der Waals surface area contributed by atoms with Gasteiger partial charge in [-0.2, -0.15) is 0 Å². The fraction of sp³-hybridized carbons (Fsp3) is 0.300. The number of aromatic nitrogens is 1. The average Bonchev–Trinajstić information content (AvgIpc) is 2.95. The second kappa shape index (κ2) is 8.49. The quantitative estimate of drug-likeness (QED) is 0.727. The normalized spacial score (nSPS) is 12.7. The summed E-state index contributed by atoms with van der Waals surface area (Å²) in [4.78, 5) is 43.8. The van der Waals surface area contributed by atoms with Crippen molar-refractivity contribution < 1.29 is 19.5 Å². The van der Waals surface area contributed by atoms with Gasteiger partial charge < -0.3 is 20.2 Å². The van der Waals surface area contributed by atoms with Crippen molar-refractivity contribution in [3.05, 3.63) is 50.8 Å². The summed E-state index contributed by atoms with van der Waals surface area (Å²) in [5.74, 6) is -0.572. The second-order valence-corrected chi connectivity index (χ2v) is 7.95. The summed E-state index contributed by atoms with van der Waals surface area (Å²) in [5.41, 5.74) is 2.98. The van der Waals surface area contributed by atoms with Crippen LogP contribution in [-0.2, 0) is 17.9 Å². The summed E-state index contributed by atoms with van der Waals surface area (Å²) in [6, 6.07) is 4.89. The monoisotopic (exact) mass is 450 g/mol. The average molecular weight is 451 g/mol. The topological polar surface area (TPSA) is 103 Å². The Morgan fingerprint density at radius 1 is 1.27 bits per heavy atom. The molecule has 1 aliphatic heterocycles. The molecule has 0 unspecified atom stereocenters. The largest absolute Gasteiger partial charge is 0.465 e. The van der Waals surface area contributed by atoms with Gasteiger partial charge in [-0.3, -0.25) is 14.6 Å². The van der Waals surface area contributed by atoms with E-state index in [1.165, 1.54) is 9.80 Å². The van der Waals surface area contributed by atoms with Gasteiger partial charge in [0, 0.05) is 53.1 Å². The number of hydrogen-bond acceptors (Lipinski definition) is 4. The van der Waals surface area contributed by atoms with E-state index in [0.717, 1.165) is 0 Å². The molecular formula is C20H20Cl2N4O4. The van der Waals surface area contributed by atoms with Crippen LogP contribution in [0.5, 0.6) is 0 Å². The molecule has 2 aromatic rings. The smallest absolute Gasteiger partial charge is 0.404 e. The number of amides is 3. The first-order valence-corrected chi connectivity index (χ1v) is 9.79. The van der Waals surface area contributed by atoms with E-state index in [0.29, 0.717) is 43.7 Å². The molecule has 158 valence electrons. The molecular weight excluding hydrogens is 431 g/mol. The molecule has 0 saturated carbocycles. The van der Waals surface area contributed by atoms with Gasteiger partial charge in [-0.25, -0.2) is 4.79 Å². The second-order valence-electron chi connectivity index (χ2n) is 7.10. The summed E-state index contributed by atoms with van der Waals surface area (Å²) in [6.45, 7) is 1.78. The van der Waals surface area contributed by atoms with Gasteiger partial charge in [0.25, 0.3) is 5.91 Å². The number of carbonyl (C=O) groups is 3. The highest BCUT2D eigenvalue weighted by Crippen LogP contribution is 2.40. The van der Waals surface area contributed by atoms with E-state index in [1.807, 2.05) is 0 Å². The van der Waals surface area contributed by atoms with E-state index in [2.05, 4.69) is 10.3 Å². The highest BCUT2D eigenvalue weighted by molar-refractivity contribution is 6.36. The molecule has 0 spiro atoms. The third kappa shape index (κ3) is 4.20. The van der Waals surface area contributed by atoms with Gasteiger partial charge in [0.05, 0.1) is 17.8 Å². The highest BCUT2D eigenvalue weighted by atomic mass is 35.5. The molecule has 2 heterocycles. The number of rotatable bonds is 5. The molecule has 0 atom stereocenters. The van der Waals surface area contributed by atoms with Crippen molar-refractivity contribution in [2.45, 2.75) is 20.0 Å². The van der Waals surface area contributed by atoms with Gasteiger partial charge >= 0.3 is 6.09 Å². The van der Waals surface area contributed by atoms with Crippen LogP contribution in [0.1, 0.15) is 27.3 Å². The Kier molecular flexibility index (Phi) is 6.19.